The van der Waals surface area contributed by atoms with Gasteiger partial charge in [0.25, 0.3) is 10.0 Å². The predicted octanol–water partition coefficient (Wildman–Crippen LogP) is 3.42. The molecule has 0 unspecified atom stereocenters. The van der Waals surface area contributed by atoms with Crippen molar-refractivity contribution in [1.29, 1.82) is 0 Å². The Morgan fingerprint density at radius 3 is 2.27 bits per heavy atom. The maximum Gasteiger partial charge on any atom is 0.261 e. The molecule has 5 heteroatoms. The summed E-state index contributed by atoms with van der Waals surface area (Å²) in [7, 11) is -2.09. The highest BCUT2D eigenvalue weighted by Crippen LogP contribution is 2.19. The molecular weight excluding hydrogens is 298 g/mol. The topological polar surface area (TPSA) is 55.4 Å². The number of methoxy groups -OCH3 is 1. The monoisotopic (exact) mass is 317 g/mol. The second-order valence-corrected chi connectivity index (χ2v) is 6.36. The van der Waals surface area contributed by atoms with Crippen LogP contribution in [-0.4, -0.2) is 15.5 Å². The van der Waals surface area contributed by atoms with Gasteiger partial charge in [0.1, 0.15) is 5.75 Å². The number of benzene rings is 2. The normalized spacial score (nSPS) is 12.0. The number of sulfonamides is 1. The summed E-state index contributed by atoms with van der Waals surface area (Å²) in [6.45, 7) is 1.96. The number of hydrogen-bond acceptors (Lipinski definition) is 3. The standard InChI is InChI=1S/C17H19NO3S/c1-3-7-17(14-8-5-4-6-9-14)18-22(19,20)16-12-10-15(21-2)11-13-16/h4-13,18H,3H2,1-2H3/b17-7+. The van der Waals surface area contributed by atoms with E-state index in [0.717, 1.165) is 12.0 Å². The highest BCUT2D eigenvalue weighted by Gasteiger charge is 2.16. The van der Waals surface area contributed by atoms with Gasteiger partial charge in [0.15, 0.2) is 0 Å². The zero-order chi connectivity index (χ0) is 16.0. The number of ether oxygens (including phenoxy) is 1. The number of rotatable bonds is 6. The summed E-state index contributed by atoms with van der Waals surface area (Å²) in [5.74, 6) is 0.617. The van der Waals surface area contributed by atoms with E-state index in [0.29, 0.717) is 11.4 Å². The van der Waals surface area contributed by atoms with Crippen LogP contribution in [0.1, 0.15) is 18.9 Å². The molecule has 0 atom stereocenters. The van der Waals surface area contributed by atoms with Crippen molar-refractivity contribution in [3.8, 4) is 5.75 Å². The van der Waals surface area contributed by atoms with Crippen molar-refractivity contribution in [2.75, 3.05) is 7.11 Å². The minimum atomic E-state index is -3.63. The third-order valence-corrected chi connectivity index (χ3v) is 4.49. The Morgan fingerprint density at radius 2 is 1.73 bits per heavy atom. The molecule has 0 saturated carbocycles. The molecule has 2 aromatic rings. The van der Waals surface area contributed by atoms with Crippen LogP contribution in [0.5, 0.6) is 5.75 Å². The zero-order valence-electron chi connectivity index (χ0n) is 12.6. The van der Waals surface area contributed by atoms with Crippen LogP contribution in [-0.2, 0) is 10.0 Å². The second-order valence-electron chi connectivity index (χ2n) is 4.67. The van der Waals surface area contributed by atoms with E-state index in [1.165, 1.54) is 12.1 Å². The predicted molar refractivity (Wildman–Crippen MR) is 88.0 cm³/mol. The largest absolute Gasteiger partial charge is 0.497 e. The first-order valence-corrected chi connectivity index (χ1v) is 8.47. The maximum atomic E-state index is 12.5. The van der Waals surface area contributed by atoms with Crippen LogP contribution in [0.2, 0.25) is 0 Å². The van der Waals surface area contributed by atoms with Crippen LogP contribution >= 0.6 is 0 Å². The summed E-state index contributed by atoms with van der Waals surface area (Å²) in [6.07, 6.45) is 2.59. The lowest BCUT2D eigenvalue weighted by molar-refractivity contribution is 0.414. The molecule has 0 spiro atoms. The van der Waals surface area contributed by atoms with Crippen molar-refractivity contribution in [1.82, 2.24) is 4.72 Å². The molecule has 0 fully saturated rings. The molecule has 1 N–H and O–H groups in total. The van der Waals surface area contributed by atoms with Crippen molar-refractivity contribution >= 4 is 15.7 Å². The lowest BCUT2D eigenvalue weighted by Gasteiger charge is -2.12. The molecule has 116 valence electrons. The molecule has 22 heavy (non-hydrogen) atoms. The van der Waals surface area contributed by atoms with Gasteiger partial charge in [0.2, 0.25) is 0 Å². The van der Waals surface area contributed by atoms with Crippen LogP contribution in [0.25, 0.3) is 5.70 Å². The Bertz CT molecular complexity index is 735. The van der Waals surface area contributed by atoms with E-state index in [-0.39, 0.29) is 4.90 Å². The first-order chi connectivity index (χ1) is 10.6. The molecule has 0 saturated heterocycles. The van der Waals surface area contributed by atoms with E-state index in [1.807, 2.05) is 43.3 Å². The van der Waals surface area contributed by atoms with Crippen molar-refractivity contribution in [3.63, 3.8) is 0 Å². The number of nitrogens with one attached hydrogen (secondary N) is 1. The van der Waals surface area contributed by atoms with Crippen LogP contribution in [0.3, 0.4) is 0 Å². The van der Waals surface area contributed by atoms with Crippen molar-refractivity contribution in [2.24, 2.45) is 0 Å². The maximum absolute atomic E-state index is 12.5. The van der Waals surface area contributed by atoms with E-state index >= 15 is 0 Å². The lowest BCUT2D eigenvalue weighted by Crippen LogP contribution is -2.22. The molecule has 2 rings (SSSR count). The zero-order valence-corrected chi connectivity index (χ0v) is 13.4. The molecule has 0 aliphatic carbocycles. The average Bonchev–Trinajstić information content (AvgIpc) is 2.55. The molecule has 0 bridgehead atoms. The molecule has 0 aliphatic rings. The summed E-state index contributed by atoms with van der Waals surface area (Å²) in [6, 6.07) is 15.7. The van der Waals surface area contributed by atoms with Crippen molar-refractivity contribution in [3.05, 3.63) is 66.2 Å². The molecule has 0 amide bonds. The summed E-state index contributed by atoms with van der Waals surface area (Å²) >= 11 is 0. The fourth-order valence-electron chi connectivity index (χ4n) is 2.00. The van der Waals surface area contributed by atoms with Gasteiger partial charge in [-0.3, -0.25) is 4.72 Å². The first kappa shape index (κ1) is 16.1. The van der Waals surface area contributed by atoms with Gasteiger partial charge in [-0.15, -0.1) is 0 Å². The van der Waals surface area contributed by atoms with E-state index in [1.54, 1.807) is 19.2 Å². The van der Waals surface area contributed by atoms with Gasteiger partial charge in [-0.25, -0.2) is 8.42 Å². The number of hydrogen-bond donors (Lipinski definition) is 1. The third kappa shape index (κ3) is 3.89. The fourth-order valence-corrected chi connectivity index (χ4v) is 3.10. The van der Waals surface area contributed by atoms with E-state index in [4.69, 9.17) is 4.74 Å². The van der Waals surface area contributed by atoms with Gasteiger partial charge in [-0.2, -0.15) is 0 Å². The van der Waals surface area contributed by atoms with Gasteiger partial charge in [0, 0.05) is 0 Å². The molecule has 2 aromatic carbocycles. The fraction of sp³-hybridized carbons (Fsp3) is 0.176. The average molecular weight is 317 g/mol. The first-order valence-electron chi connectivity index (χ1n) is 6.99. The molecule has 0 radical (unpaired) electrons. The van der Waals surface area contributed by atoms with Gasteiger partial charge >= 0.3 is 0 Å². The highest BCUT2D eigenvalue weighted by molar-refractivity contribution is 7.89. The van der Waals surface area contributed by atoms with E-state index < -0.39 is 10.0 Å². The molecule has 0 heterocycles. The Labute approximate surface area is 131 Å². The van der Waals surface area contributed by atoms with E-state index in [2.05, 4.69) is 4.72 Å². The summed E-state index contributed by atoms with van der Waals surface area (Å²) in [4.78, 5) is 0.200. The summed E-state index contributed by atoms with van der Waals surface area (Å²) in [5.41, 5.74) is 1.42. The van der Waals surface area contributed by atoms with Crippen LogP contribution < -0.4 is 9.46 Å². The molecule has 0 aromatic heterocycles. The quantitative estimate of drug-likeness (QED) is 0.888. The minimum absolute atomic E-state index is 0.200. The van der Waals surface area contributed by atoms with Gasteiger partial charge in [0.05, 0.1) is 17.7 Å². The van der Waals surface area contributed by atoms with Crippen molar-refractivity contribution < 1.29 is 13.2 Å². The SMILES string of the molecule is CC/C=C(/NS(=O)(=O)c1ccc(OC)cc1)c1ccccc1. The van der Waals surface area contributed by atoms with Crippen LogP contribution in [0.15, 0.2) is 65.6 Å². The smallest absolute Gasteiger partial charge is 0.261 e. The Balaban J connectivity index is 2.30. The van der Waals surface area contributed by atoms with Gasteiger partial charge < -0.3 is 4.74 Å². The minimum Gasteiger partial charge on any atom is -0.497 e. The molecular formula is C17H19NO3S. The van der Waals surface area contributed by atoms with Gasteiger partial charge in [-0.05, 0) is 36.2 Å². The second kappa shape index (κ2) is 7.13. The summed E-state index contributed by atoms with van der Waals surface area (Å²) < 4.78 is 32.7. The Morgan fingerprint density at radius 1 is 1.09 bits per heavy atom. The lowest BCUT2D eigenvalue weighted by atomic mass is 10.1. The molecule has 0 aliphatic heterocycles. The number of allylic oxidation sites excluding steroid dienone is 1. The van der Waals surface area contributed by atoms with Crippen LogP contribution in [0, 0.1) is 0 Å². The Kier molecular flexibility index (Phi) is 5.22. The highest BCUT2D eigenvalue weighted by atomic mass is 32.2. The third-order valence-electron chi connectivity index (χ3n) is 3.11. The van der Waals surface area contributed by atoms with E-state index in [9.17, 15) is 8.42 Å². The van der Waals surface area contributed by atoms with Crippen molar-refractivity contribution in [2.45, 2.75) is 18.2 Å². The Hall–Kier alpha value is -2.27. The summed E-state index contributed by atoms with van der Waals surface area (Å²) in [5, 5.41) is 0. The van der Waals surface area contributed by atoms with Crippen LogP contribution in [0.4, 0.5) is 0 Å². The van der Waals surface area contributed by atoms with Gasteiger partial charge in [-0.1, -0.05) is 43.3 Å². The molecule has 4 nitrogen and oxygen atoms in total.